The van der Waals surface area contributed by atoms with E-state index in [2.05, 4.69) is 25.6 Å². The van der Waals surface area contributed by atoms with Gasteiger partial charge in [-0.2, -0.15) is 41.5 Å². The van der Waals surface area contributed by atoms with Gasteiger partial charge < -0.3 is 5.32 Å². The van der Waals surface area contributed by atoms with Crippen LogP contribution in [0.15, 0.2) is 36.5 Å². The Bertz CT molecular complexity index is 1720. The van der Waals surface area contributed by atoms with Crippen LogP contribution in [0.1, 0.15) is 61.5 Å². The second-order valence-electron chi connectivity index (χ2n) is 9.06. The summed E-state index contributed by atoms with van der Waals surface area (Å²) < 4.78 is 80.5. The van der Waals surface area contributed by atoms with Gasteiger partial charge in [-0.25, -0.2) is 9.67 Å². The van der Waals surface area contributed by atoms with Crippen molar-refractivity contribution in [2.45, 2.75) is 39.2 Å². The van der Waals surface area contributed by atoms with E-state index < -0.39 is 48.4 Å². The van der Waals surface area contributed by atoms with E-state index in [0.717, 1.165) is 10.7 Å². The highest BCUT2D eigenvalue weighted by Crippen LogP contribution is 2.38. The predicted molar refractivity (Wildman–Crippen MR) is 137 cm³/mol. The van der Waals surface area contributed by atoms with Crippen LogP contribution in [0.5, 0.6) is 0 Å². The normalized spacial score (nSPS) is 11.8. The molecule has 0 saturated carbocycles. The Balaban J connectivity index is 1.80. The van der Waals surface area contributed by atoms with Crippen molar-refractivity contribution in [1.82, 2.24) is 35.1 Å². The first-order chi connectivity index (χ1) is 20.1. The smallest absolute Gasteiger partial charge is 0.352 e. The second kappa shape index (κ2) is 11.8. The van der Waals surface area contributed by atoms with Crippen molar-refractivity contribution in [2.24, 2.45) is 0 Å². The lowest BCUT2D eigenvalue weighted by molar-refractivity contribution is -0.165. The summed E-state index contributed by atoms with van der Waals surface area (Å²) in [6.07, 6.45) is -9.94. The molecule has 1 aromatic carbocycles. The Morgan fingerprint density at radius 2 is 1.70 bits per heavy atom. The van der Waals surface area contributed by atoms with E-state index in [9.17, 15) is 41.2 Å². The summed E-state index contributed by atoms with van der Waals surface area (Å²) in [5.74, 6) is -1.24. The molecule has 0 unspecified atom stereocenters. The standard InChI is InChI=1S/C26H19ClF6N8O2/c1-3-35-24(43)17-8-14(11-34)7-13(2)16(17)10-20(42)19-9-15(37-41(19)23-18(27)5-4-6-36-23)12-40-38-21(25(28,29)30)22(39-40)26(31,32)33/h4-9H,3,10,12H2,1-2H3,(H,35,43). The van der Waals surface area contributed by atoms with Gasteiger partial charge in [0.1, 0.15) is 12.2 Å². The highest BCUT2D eigenvalue weighted by atomic mass is 35.5. The Kier molecular flexibility index (Phi) is 8.58. The molecule has 4 aromatic rings. The molecule has 43 heavy (non-hydrogen) atoms. The van der Waals surface area contributed by atoms with Crippen LogP contribution in [0, 0.1) is 18.3 Å². The molecule has 0 saturated heterocycles. The monoisotopic (exact) mass is 624 g/mol. The van der Waals surface area contributed by atoms with Crippen molar-refractivity contribution in [3.8, 4) is 11.9 Å². The highest BCUT2D eigenvalue weighted by Gasteiger charge is 2.48. The number of amides is 1. The third-order valence-corrected chi connectivity index (χ3v) is 6.30. The van der Waals surface area contributed by atoms with E-state index >= 15 is 0 Å². The first kappa shape index (κ1) is 31.2. The summed E-state index contributed by atoms with van der Waals surface area (Å²) in [4.78, 5) is 30.7. The first-order valence-electron chi connectivity index (χ1n) is 12.3. The lowest BCUT2D eigenvalue weighted by Crippen LogP contribution is -2.25. The molecular weight excluding hydrogens is 606 g/mol. The van der Waals surface area contributed by atoms with Gasteiger partial charge in [0, 0.05) is 24.7 Å². The third-order valence-electron chi connectivity index (χ3n) is 6.00. The molecule has 3 aromatic heterocycles. The maximum Gasteiger partial charge on any atom is 0.437 e. The molecule has 0 aliphatic carbocycles. The molecule has 0 fully saturated rings. The summed E-state index contributed by atoms with van der Waals surface area (Å²) in [6.45, 7) is 2.77. The van der Waals surface area contributed by atoms with Crippen LogP contribution in [-0.2, 0) is 25.3 Å². The zero-order valence-corrected chi connectivity index (χ0v) is 22.9. The number of alkyl halides is 6. The van der Waals surface area contributed by atoms with Crippen LogP contribution >= 0.6 is 11.6 Å². The molecule has 0 radical (unpaired) electrons. The number of nitrogens with one attached hydrogen (secondary N) is 1. The lowest BCUT2D eigenvalue weighted by atomic mass is 9.93. The van der Waals surface area contributed by atoms with Gasteiger partial charge in [0.25, 0.3) is 5.91 Å². The summed E-state index contributed by atoms with van der Waals surface area (Å²) in [7, 11) is 0. The van der Waals surface area contributed by atoms with E-state index in [1.807, 2.05) is 6.07 Å². The molecule has 10 nitrogen and oxygen atoms in total. The van der Waals surface area contributed by atoms with Crippen molar-refractivity contribution in [3.05, 3.63) is 86.6 Å². The minimum atomic E-state index is -5.44. The van der Waals surface area contributed by atoms with Gasteiger partial charge in [-0.3, -0.25) is 9.59 Å². The summed E-state index contributed by atoms with van der Waals surface area (Å²) in [5.41, 5.74) is -3.83. The Hall–Kier alpha value is -4.78. The average molecular weight is 625 g/mol. The van der Waals surface area contributed by atoms with E-state index in [1.54, 1.807) is 13.8 Å². The van der Waals surface area contributed by atoms with Crippen molar-refractivity contribution in [3.63, 3.8) is 0 Å². The van der Waals surface area contributed by atoms with Gasteiger partial charge >= 0.3 is 12.4 Å². The maximum atomic E-state index is 13.7. The van der Waals surface area contributed by atoms with Crippen LogP contribution in [0.25, 0.3) is 5.82 Å². The van der Waals surface area contributed by atoms with Crippen molar-refractivity contribution < 1.29 is 35.9 Å². The number of aryl methyl sites for hydroxylation is 1. The number of aromatic nitrogens is 6. The zero-order chi connectivity index (χ0) is 31.7. The van der Waals surface area contributed by atoms with Gasteiger partial charge in [-0.15, -0.1) is 10.2 Å². The number of Topliss-reactive ketones (excluding diaryl/α,β-unsaturated/α-hetero) is 1. The molecule has 4 rings (SSSR count). The molecule has 0 aliphatic rings. The SMILES string of the molecule is CCNC(=O)c1cc(C#N)cc(C)c1CC(=O)c1cc(Cn2nc(C(F)(F)F)c(C(F)(F)F)n2)nn1-c1ncccc1Cl. The number of carbonyl (C=O) groups excluding carboxylic acids is 2. The number of nitriles is 1. The van der Waals surface area contributed by atoms with Crippen LogP contribution in [0.3, 0.4) is 0 Å². The molecule has 0 spiro atoms. The number of ketones is 1. The van der Waals surface area contributed by atoms with Crippen molar-refractivity contribution >= 4 is 23.3 Å². The van der Waals surface area contributed by atoms with Crippen molar-refractivity contribution in [1.29, 1.82) is 5.26 Å². The minimum absolute atomic E-state index is 0.0275. The minimum Gasteiger partial charge on any atom is -0.352 e. The molecule has 3 heterocycles. The van der Waals surface area contributed by atoms with Gasteiger partial charge in [0.05, 0.1) is 22.3 Å². The third kappa shape index (κ3) is 6.67. The number of benzene rings is 1. The molecule has 0 aliphatic heterocycles. The summed E-state index contributed by atoms with van der Waals surface area (Å²) in [5, 5.41) is 22.1. The van der Waals surface area contributed by atoms with Crippen LogP contribution < -0.4 is 5.32 Å². The molecular formula is C26H19ClF6N8O2. The molecule has 224 valence electrons. The van der Waals surface area contributed by atoms with Gasteiger partial charge in [-0.1, -0.05) is 11.6 Å². The van der Waals surface area contributed by atoms with Crippen LogP contribution in [0.4, 0.5) is 26.3 Å². The zero-order valence-electron chi connectivity index (χ0n) is 22.2. The van der Waals surface area contributed by atoms with E-state index in [4.69, 9.17) is 11.6 Å². The number of pyridine rings is 1. The number of carbonyl (C=O) groups is 2. The maximum absolute atomic E-state index is 13.7. The summed E-state index contributed by atoms with van der Waals surface area (Å²) >= 11 is 6.25. The lowest BCUT2D eigenvalue weighted by Gasteiger charge is -2.13. The Morgan fingerprint density at radius 1 is 1.05 bits per heavy atom. The van der Waals surface area contributed by atoms with E-state index in [-0.39, 0.29) is 50.3 Å². The number of hydrogen-bond donors (Lipinski definition) is 1. The highest BCUT2D eigenvalue weighted by molar-refractivity contribution is 6.32. The molecule has 1 amide bonds. The van der Waals surface area contributed by atoms with E-state index in [1.165, 1.54) is 30.5 Å². The van der Waals surface area contributed by atoms with Gasteiger partial charge in [-0.05, 0) is 55.3 Å². The second-order valence-corrected chi connectivity index (χ2v) is 9.46. The quantitative estimate of drug-likeness (QED) is 0.217. The fourth-order valence-corrected chi connectivity index (χ4v) is 4.37. The fraction of sp³-hybridized carbons (Fsp3) is 0.269. The topological polar surface area (TPSA) is 131 Å². The average Bonchev–Trinajstić information content (AvgIpc) is 3.55. The first-order valence-corrected chi connectivity index (χ1v) is 12.7. The molecule has 0 bridgehead atoms. The number of halogens is 7. The largest absolute Gasteiger partial charge is 0.437 e. The van der Waals surface area contributed by atoms with Crippen LogP contribution in [-0.4, -0.2) is 48.0 Å². The van der Waals surface area contributed by atoms with E-state index in [0.29, 0.717) is 5.56 Å². The predicted octanol–water partition coefficient (Wildman–Crippen LogP) is 4.95. The van der Waals surface area contributed by atoms with Crippen LogP contribution in [0.2, 0.25) is 5.02 Å². The number of nitrogens with zero attached hydrogens (tertiary/aromatic N) is 7. The fourth-order valence-electron chi connectivity index (χ4n) is 4.17. The molecule has 1 N–H and O–H groups in total. The van der Waals surface area contributed by atoms with Gasteiger partial charge in [0.2, 0.25) is 0 Å². The number of hydrogen-bond acceptors (Lipinski definition) is 7. The number of rotatable bonds is 8. The molecule has 17 heteroatoms. The molecule has 0 atom stereocenters. The van der Waals surface area contributed by atoms with Gasteiger partial charge in [0.15, 0.2) is 23.0 Å². The Morgan fingerprint density at radius 3 is 2.26 bits per heavy atom. The Labute approximate surface area is 243 Å². The van der Waals surface area contributed by atoms with Crippen molar-refractivity contribution in [2.75, 3.05) is 6.54 Å². The summed E-state index contributed by atoms with van der Waals surface area (Å²) in [6, 6.07) is 8.81.